The van der Waals surface area contributed by atoms with E-state index in [4.69, 9.17) is 4.74 Å². The summed E-state index contributed by atoms with van der Waals surface area (Å²) >= 11 is 2.30. The lowest BCUT2D eigenvalue weighted by molar-refractivity contribution is 0.315. The Kier molecular flexibility index (Phi) is 4.68. The van der Waals surface area contributed by atoms with Crippen molar-refractivity contribution in [1.82, 2.24) is 0 Å². The van der Waals surface area contributed by atoms with Gasteiger partial charge in [-0.2, -0.15) is 0 Å². The van der Waals surface area contributed by atoms with Crippen LogP contribution in [0.15, 0.2) is 24.3 Å². The molecule has 0 radical (unpaired) electrons. The van der Waals surface area contributed by atoms with Gasteiger partial charge in [0.1, 0.15) is 5.75 Å². The van der Waals surface area contributed by atoms with Crippen LogP contribution in [0, 0.1) is 3.57 Å². The first-order chi connectivity index (χ1) is 5.84. The van der Waals surface area contributed by atoms with Crippen molar-refractivity contribution in [1.29, 1.82) is 0 Å². The Morgan fingerprint density at radius 1 is 1.33 bits per heavy atom. The van der Waals surface area contributed by atoms with Gasteiger partial charge >= 0.3 is 0 Å². The van der Waals surface area contributed by atoms with Crippen LogP contribution in [0.5, 0.6) is 5.75 Å². The second kappa shape index (κ2) is 5.58. The Balaban J connectivity index is 2.46. The van der Waals surface area contributed by atoms with Crippen molar-refractivity contribution in [2.75, 3.05) is 6.61 Å². The van der Waals surface area contributed by atoms with E-state index >= 15 is 0 Å². The molecule has 1 aromatic carbocycles. The summed E-state index contributed by atoms with van der Waals surface area (Å²) < 4.78 is 6.79. The van der Waals surface area contributed by atoms with E-state index in [1.54, 1.807) is 0 Å². The summed E-state index contributed by atoms with van der Waals surface area (Å²) in [5.41, 5.74) is 0. The molecule has 0 atom stereocenters. The quantitative estimate of drug-likeness (QED) is 0.467. The molecular formula is C9H13IOSi. The van der Waals surface area contributed by atoms with Gasteiger partial charge in [0.25, 0.3) is 0 Å². The second-order valence-corrected chi connectivity index (χ2v) is 4.79. The van der Waals surface area contributed by atoms with Crippen molar-refractivity contribution >= 4 is 32.8 Å². The molecular weight excluding hydrogens is 279 g/mol. The fourth-order valence-electron chi connectivity index (χ4n) is 0.888. The molecule has 0 aliphatic heterocycles. The standard InChI is InChI=1S/C9H13IOSi/c10-8-4-1-2-5-9(8)11-6-3-7-12/h1-2,4-5H,3,6-7H2,12H3. The van der Waals surface area contributed by atoms with Gasteiger partial charge in [0.05, 0.1) is 10.2 Å². The molecule has 66 valence electrons. The van der Waals surface area contributed by atoms with Gasteiger partial charge in [0.15, 0.2) is 0 Å². The molecule has 0 unspecified atom stereocenters. The Morgan fingerprint density at radius 3 is 2.75 bits per heavy atom. The number of benzene rings is 1. The van der Waals surface area contributed by atoms with Crippen LogP contribution in [0.4, 0.5) is 0 Å². The maximum absolute atomic E-state index is 5.59. The van der Waals surface area contributed by atoms with E-state index in [1.807, 2.05) is 18.2 Å². The summed E-state index contributed by atoms with van der Waals surface area (Å²) in [7, 11) is 1.28. The van der Waals surface area contributed by atoms with Crippen molar-refractivity contribution in [2.24, 2.45) is 0 Å². The monoisotopic (exact) mass is 292 g/mol. The molecule has 1 aromatic rings. The molecule has 0 aliphatic carbocycles. The molecule has 12 heavy (non-hydrogen) atoms. The van der Waals surface area contributed by atoms with E-state index in [0.29, 0.717) is 0 Å². The van der Waals surface area contributed by atoms with Crippen molar-refractivity contribution in [3.8, 4) is 5.75 Å². The predicted octanol–water partition coefficient (Wildman–Crippen LogP) is 1.84. The summed E-state index contributed by atoms with van der Waals surface area (Å²) in [4.78, 5) is 0. The number of ether oxygens (including phenoxy) is 1. The molecule has 0 aromatic heterocycles. The highest BCUT2D eigenvalue weighted by Crippen LogP contribution is 2.19. The predicted molar refractivity (Wildman–Crippen MR) is 64.0 cm³/mol. The SMILES string of the molecule is [SiH3]CCCOc1ccccc1I. The van der Waals surface area contributed by atoms with Gasteiger partial charge in [-0.05, 0) is 41.1 Å². The van der Waals surface area contributed by atoms with Crippen LogP contribution in [0.3, 0.4) is 0 Å². The summed E-state index contributed by atoms with van der Waals surface area (Å²) in [5.74, 6) is 1.02. The van der Waals surface area contributed by atoms with Gasteiger partial charge < -0.3 is 4.74 Å². The normalized spacial score (nSPS) is 10.1. The zero-order chi connectivity index (χ0) is 8.81. The van der Waals surface area contributed by atoms with Gasteiger partial charge in [-0.25, -0.2) is 0 Å². The van der Waals surface area contributed by atoms with Gasteiger partial charge in [-0.1, -0.05) is 18.2 Å². The molecule has 0 N–H and O–H groups in total. The van der Waals surface area contributed by atoms with E-state index < -0.39 is 0 Å². The fraction of sp³-hybridized carbons (Fsp3) is 0.333. The molecule has 1 rings (SSSR count). The molecule has 0 bridgehead atoms. The van der Waals surface area contributed by atoms with Gasteiger partial charge in [0.2, 0.25) is 0 Å². The number of hydrogen-bond acceptors (Lipinski definition) is 1. The number of halogens is 1. The molecule has 3 heteroatoms. The molecule has 0 heterocycles. The third-order valence-corrected chi connectivity index (χ3v) is 3.19. The lowest BCUT2D eigenvalue weighted by atomic mass is 10.3. The van der Waals surface area contributed by atoms with Crippen molar-refractivity contribution in [3.05, 3.63) is 27.8 Å². The number of hydrogen-bond donors (Lipinski definition) is 0. The molecule has 0 amide bonds. The van der Waals surface area contributed by atoms with Crippen molar-refractivity contribution in [2.45, 2.75) is 12.5 Å². The summed E-state index contributed by atoms with van der Waals surface area (Å²) in [6.45, 7) is 0.865. The molecule has 1 nitrogen and oxygen atoms in total. The molecule has 0 fully saturated rings. The third kappa shape index (κ3) is 3.14. The van der Waals surface area contributed by atoms with E-state index in [9.17, 15) is 0 Å². The lowest BCUT2D eigenvalue weighted by Crippen LogP contribution is -1.97. The molecule has 0 saturated heterocycles. The number of rotatable bonds is 4. The van der Waals surface area contributed by atoms with Crippen LogP contribution in [-0.4, -0.2) is 16.8 Å². The zero-order valence-electron chi connectivity index (χ0n) is 7.22. The highest BCUT2D eigenvalue weighted by atomic mass is 127. The summed E-state index contributed by atoms with van der Waals surface area (Å²) in [6.07, 6.45) is 1.19. The topological polar surface area (TPSA) is 9.23 Å². The number of para-hydroxylation sites is 1. The minimum absolute atomic E-state index is 0.865. The Bertz CT molecular complexity index is 240. The van der Waals surface area contributed by atoms with Crippen molar-refractivity contribution in [3.63, 3.8) is 0 Å². The Hall–Kier alpha value is -0.0331. The van der Waals surface area contributed by atoms with Crippen LogP contribution in [0.1, 0.15) is 6.42 Å². The van der Waals surface area contributed by atoms with E-state index in [2.05, 4.69) is 28.7 Å². The summed E-state index contributed by atoms with van der Waals surface area (Å²) in [5, 5.41) is 0. The van der Waals surface area contributed by atoms with E-state index in [-0.39, 0.29) is 0 Å². The lowest BCUT2D eigenvalue weighted by Gasteiger charge is -2.06. The fourth-order valence-corrected chi connectivity index (χ4v) is 1.72. The maximum Gasteiger partial charge on any atom is 0.132 e. The highest BCUT2D eigenvalue weighted by Gasteiger charge is 1.96. The maximum atomic E-state index is 5.59. The largest absolute Gasteiger partial charge is 0.492 e. The van der Waals surface area contributed by atoms with Crippen LogP contribution in [-0.2, 0) is 0 Å². The van der Waals surface area contributed by atoms with Crippen LogP contribution in [0.2, 0.25) is 6.04 Å². The van der Waals surface area contributed by atoms with Crippen LogP contribution in [0.25, 0.3) is 0 Å². The van der Waals surface area contributed by atoms with Gasteiger partial charge in [-0.15, -0.1) is 0 Å². The van der Waals surface area contributed by atoms with E-state index in [0.717, 1.165) is 12.4 Å². The smallest absolute Gasteiger partial charge is 0.132 e. The first-order valence-electron chi connectivity index (χ1n) is 4.22. The highest BCUT2D eigenvalue weighted by molar-refractivity contribution is 14.1. The van der Waals surface area contributed by atoms with E-state index in [1.165, 1.54) is 26.3 Å². The Labute approximate surface area is 90.1 Å². The minimum atomic E-state index is 0.865. The van der Waals surface area contributed by atoms with Crippen LogP contribution >= 0.6 is 22.6 Å². The second-order valence-electron chi connectivity index (χ2n) is 2.63. The third-order valence-electron chi connectivity index (χ3n) is 1.59. The first-order valence-corrected chi connectivity index (χ1v) is 6.71. The first kappa shape index (κ1) is 10.1. The Morgan fingerprint density at radius 2 is 2.08 bits per heavy atom. The molecule has 0 saturated carbocycles. The molecule has 0 aliphatic rings. The van der Waals surface area contributed by atoms with Gasteiger partial charge in [-0.3, -0.25) is 0 Å². The average Bonchev–Trinajstić information content (AvgIpc) is 2.09. The molecule has 0 spiro atoms. The average molecular weight is 292 g/mol. The minimum Gasteiger partial charge on any atom is -0.492 e. The summed E-state index contributed by atoms with van der Waals surface area (Å²) in [6, 6.07) is 9.45. The van der Waals surface area contributed by atoms with Gasteiger partial charge in [0, 0.05) is 10.2 Å². The van der Waals surface area contributed by atoms with Crippen molar-refractivity contribution < 1.29 is 4.74 Å². The zero-order valence-corrected chi connectivity index (χ0v) is 11.4. The van der Waals surface area contributed by atoms with Crippen LogP contribution < -0.4 is 4.74 Å².